The van der Waals surface area contributed by atoms with E-state index in [9.17, 15) is 4.79 Å². The molecule has 1 aromatic rings. The lowest BCUT2D eigenvalue weighted by Crippen LogP contribution is -2.39. The van der Waals surface area contributed by atoms with Gasteiger partial charge in [0.15, 0.2) is 5.15 Å². The molecule has 1 aliphatic heterocycles. The Morgan fingerprint density at radius 3 is 2.72 bits per heavy atom. The first-order valence-corrected chi connectivity index (χ1v) is 6.24. The Hall–Kier alpha value is -1.56. The quantitative estimate of drug-likeness (QED) is 0.877. The maximum Gasteiger partial charge on any atom is 0.407 e. The lowest BCUT2D eigenvalue weighted by molar-refractivity contribution is 0.126. The second-order valence-electron chi connectivity index (χ2n) is 4.34. The van der Waals surface area contributed by atoms with Crippen molar-refractivity contribution in [3.05, 3.63) is 17.3 Å². The minimum atomic E-state index is -0.829. The number of hydrogen-bond acceptors (Lipinski definition) is 4. The number of hydrogen-bond donors (Lipinski definition) is 2. The fourth-order valence-corrected chi connectivity index (χ4v) is 2.09. The Balaban J connectivity index is 1.75. The van der Waals surface area contributed by atoms with Crippen LogP contribution in [0.3, 0.4) is 0 Å². The first-order chi connectivity index (χ1) is 8.65. The van der Waals surface area contributed by atoms with Crippen molar-refractivity contribution in [1.29, 1.82) is 0 Å². The van der Waals surface area contributed by atoms with Crippen LogP contribution in [-0.4, -0.2) is 45.9 Å². The Morgan fingerprint density at radius 1 is 1.44 bits per heavy atom. The summed E-state index contributed by atoms with van der Waals surface area (Å²) in [5.41, 5.74) is 0. The van der Waals surface area contributed by atoms with Gasteiger partial charge in [-0.05, 0) is 30.9 Å². The van der Waals surface area contributed by atoms with Gasteiger partial charge in [-0.25, -0.2) is 4.79 Å². The second kappa shape index (κ2) is 5.86. The molecule has 0 saturated carbocycles. The average Bonchev–Trinajstić information content (AvgIpc) is 2.38. The number of carbonyl (C=O) groups is 1. The van der Waals surface area contributed by atoms with Gasteiger partial charge in [0.2, 0.25) is 0 Å². The van der Waals surface area contributed by atoms with Gasteiger partial charge >= 0.3 is 6.09 Å². The van der Waals surface area contributed by atoms with Crippen LogP contribution in [0.4, 0.5) is 10.6 Å². The highest BCUT2D eigenvalue weighted by molar-refractivity contribution is 6.29. The van der Waals surface area contributed by atoms with E-state index in [2.05, 4.69) is 15.5 Å². The molecule has 0 aliphatic carbocycles. The first kappa shape index (κ1) is 12.9. The van der Waals surface area contributed by atoms with E-state index in [0.717, 1.165) is 19.4 Å². The van der Waals surface area contributed by atoms with Gasteiger partial charge in [0.05, 0.1) is 0 Å². The summed E-state index contributed by atoms with van der Waals surface area (Å²) in [6.45, 7) is 1.99. The number of piperidine rings is 1. The van der Waals surface area contributed by atoms with E-state index in [1.807, 2.05) is 0 Å². The lowest BCUT2D eigenvalue weighted by atomic mass is 9.97. The van der Waals surface area contributed by atoms with E-state index >= 15 is 0 Å². The van der Waals surface area contributed by atoms with Crippen molar-refractivity contribution in [2.24, 2.45) is 5.92 Å². The van der Waals surface area contributed by atoms with Gasteiger partial charge < -0.3 is 15.3 Å². The van der Waals surface area contributed by atoms with E-state index in [1.54, 1.807) is 12.1 Å². The SMILES string of the molecule is O=C(O)N1CCC(CNc2ccc(Cl)nn2)CC1. The fourth-order valence-electron chi connectivity index (χ4n) is 1.99. The molecule has 98 valence electrons. The third kappa shape index (κ3) is 3.46. The molecule has 1 aliphatic rings. The van der Waals surface area contributed by atoms with Gasteiger partial charge in [0.25, 0.3) is 0 Å². The largest absolute Gasteiger partial charge is 0.465 e. The maximum atomic E-state index is 10.8. The fraction of sp³-hybridized carbons (Fsp3) is 0.545. The molecule has 1 saturated heterocycles. The molecular weight excluding hydrogens is 256 g/mol. The molecule has 1 amide bonds. The first-order valence-electron chi connectivity index (χ1n) is 5.86. The molecule has 2 heterocycles. The summed E-state index contributed by atoms with van der Waals surface area (Å²) in [5, 5.41) is 20.0. The Labute approximate surface area is 110 Å². The highest BCUT2D eigenvalue weighted by Crippen LogP contribution is 2.17. The molecule has 0 radical (unpaired) electrons. The molecular formula is C11H15ClN4O2. The summed E-state index contributed by atoms with van der Waals surface area (Å²) in [5.74, 6) is 1.16. The van der Waals surface area contributed by atoms with Crippen molar-refractivity contribution in [3.8, 4) is 0 Å². The highest BCUT2D eigenvalue weighted by atomic mass is 35.5. The normalized spacial score (nSPS) is 16.6. The van der Waals surface area contributed by atoms with Crippen LogP contribution in [0.15, 0.2) is 12.1 Å². The molecule has 1 fully saturated rings. The van der Waals surface area contributed by atoms with Gasteiger partial charge in [0.1, 0.15) is 5.82 Å². The van der Waals surface area contributed by atoms with Gasteiger partial charge in [-0.2, -0.15) is 0 Å². The Morgan fingerprint density at radius 2 is 2.17 bits per heavy atom. The van der Waals surface area contributed by atoms with E-state index in [0.29, 0.717) is 30.0 Å². The van der Waals surface area contributed by atoms with Crippen LogP contribution < -0.4 is 5.32 Å². The van der Waals surface area contributed by atoms with Crippen molar-refractivity contribution < 1.29 is 9.90 Å². The zero-order valence-electron chi connectivity index (χ0n) is 9.84. The number of aromatic nitrogens is 2. The highest BCUT2D eigenvalue weighted by Gasteiger charge is 2.21. The number of anilines is 1. The third-order valence-electron chi connectivity index (χ3n) is 3.09. The predicted octanol–water partition coefficient (Wildman–Crippen LogP) is 1.93. The third-order valence-corrected chi connectivity index (χ3v) is 3.29. The smallest absolute Gasteiger partial charge is 0.407 e. The van der Waals surface area contributed by atoms with Crippen LogP contribution in [0.25, 0.3) is 0 Å². The Kier molecular flexibility index (Phi) is 4.19. The summed E-state index contributed by atoms with van der Waals surface area (Å²) in [6, 6.07) is 3.46. The van der Waals surface area contributed by atoms with Crippen molar-refractivity contribution in [2.45, 2.75) is 12.8 Å². The average molecular weight is 271 g/mol. The van der Waals surface area contributed by atoms with Crippen LogP contribution >= 0.6 is 11.6 Å². The van der Waals surface area contributed by atoms with Crippen LogP contribution in [0.2, 0.25) is 5.15 Å². The van der Waals surface area contributed by atoms with Crippen LogP contribution in [0.5, 0.6) is 0 Å². The summed E-state index contributed by atoms with van der Waals surface area (Å²) in [7, 11) is 0. The van der Waals surface area contributed by atoms with Crippen molar-refractivity contribution in [2.75, 3.05) is 25.0 Å². The molecule has 2 rings (SSSR count). The van der Waals surface area contributed by atoms with Gasteiger partial charge in [-0.15, -0.1) is 10.2 Å². The zero-order chi connectivity index (χ0) is 13.0. The van der Waals surface area contributed by atoms with Crippen LogP contribution in [0, 0.1) is 5.92 Å². The maximum absolute atomic E-state index is 10.8. The molecule has 0 bridgehead atoms. The van der Waals surface area contributed by atoms with Gasteiger partial charge in [-0.3, -0.25) is 0 Å². The molecule has 0 atom stereocenters. The van der Waals surface area contributed by atoms with E-state index in [-0.39, 0.29) is 0 Å². The summed E-state index contributed by atoms with van der Waals surface area (Å²) in [4.78, 5) is 12.2. The number of rotatable bonds is 3. The molecule has 2 N–H and O–H groups in total. The number of nitrogens with one attached hydrogen (secondary N) is 1. The van der Waals surface area contributed by atoms with Crippen LogP contribution in [0.1, 0.15) is 12.8 Å². The molecule has 7 heteroatoms. The minimum Gasteiger partial charge on any atom is -0.465 e. The number of nitrogens with zero attached hydrogens (tertiary/aromatic N) is 3. The molecule has 0 unspecified atom stereocenters. The lowest BCUT2D eigenvalue weighted by Gasteiger charge is -2.30. The number of carboxylic acid groups (broad SMARTS) is 1. The minimum absolute atomic E-state index is 0.371. The summed E-state index contributed by atoms with van der Waals surface area (Å²) in [6.07, 6.45) is 0.922. The summed E-state index contributed by atoms with van der Waals surface area (Å²) >= 11 is 5.64. The van der Waals surface area contributed by atoms with E-state index < -0.39 is 6.09 Å². The molecule has 1 aromatic heterocycles. The Bertz CT molecular complexity index is 404. The zero-order valence-corrected chi connectivity index (χ0v) is 10.6. The van der Waals surface area contributed by atoms with E-state index in [1.165, 1.54) is 4.90 Å². The van der Waals surface area contributed by atoms with E-state index in [4.69, 9.17) is 16.7 Å². The monoisotopic (exact) mass is 270 g/mol. The van der Waals surface area contributed by atoms with Crippen molar-refractivity contribution in [3.63, 3.8) is 0 Å². The van der Waals surface area contributed by atoms with Crippen LogP contribution in [-0.2, 0) is 0 Å². The molecule has 0 spiro atoms. The number of amides is 1. The van der Waals surface area contributed by atoms with Crippen molar-refractivity contribution >= 4 is 23.5 Å². The van der Waals surface area contributed by atoms with Gasteiger partial charge in [0, 0.05) is 19.6 Å². The molecule has 18 heavy (non-hydrogen) atoms. The molecule has 6 nitrogen and oxygen atoms in total. The predicted molar refractivity (Wildman–Crippen MR) is 67.9 cm³/mol. The second-order valence-corrected chi connectivity index (χ2v) is 4.72. The number of halogens is 1. The van der Waals surface area contributed by atoms with Crippen molar-refractivity contribution in [1.82, 2.24) is 15.1 Å². The number of likely N-dealkylation sites (tertiary alicyclic amines) is 1. The van der Waals surface area contributed by atoms with Gasteiger partial charge in [-0.1, -0.05) is 11.6 Å². The topological polar surface area (TPSA) is 78.4 Å². The molecule has 0 aromatic carbocycles. The standard InChI is InChI=1S/C11H15ClN4O2/c12-9-1-2-10(15-14-9)13-7-8-3-5-16(6-4-8)11(17)18/h1-2,8H,3-7H2,(H,13,15)(H,17,18). The summed E-state index contributed by atoms with van der Waals surface area (Å²) < 4.78 is 0.